The summed E-state index contributed by atoms with van der Waals surface area (Å²) in [6, 6.07) is 7.56. The van der Waals surface area contributed by atoms with Gasteiger partial charge in [0.15, 0.2) is 5.96 Å². The van der Waals surface area contributed by atoms with Gasteiger partial charge in [-0.25, -0.2) is 4.99 Å². The van der Waals surface area contributed by atoms with E-state index in [0.29, 0.717) is 18.2 Å². The van der Waals surface area contributed by atoms with Crippen molar-refractivity contribution >= 4 is 17.6 Å². The second-order valence-corrected chi connectivity index (χ2v) is 5.54. The number of aliphatic imine (C=N–C) groups is 1. The summed E-state index contributed by atoms with van der Waals surface area (Å²) in [5.74, 6) is 1.51. The van der Waals surface area contributed by atoms with E-state index in [9.17, 15) is 0 Å². The number of benzene rings is 1. The first-order valence-corrected chi connectivity index (χ1v) is 7.89. The second-order valence-electron chi connectivity index (χ2n) is 5.11. The van der Waals surface area contributed by atoms with Crippen molar-refractivity contribution in [2.24, 2.45) is 4.99 Å². The number of nitrogens with zero attached hydrogens (tertiary/aromatic N) is 1. The average molecular weight is 328 g/mol. The molecule has 0 saturated heterocycles. The first-order valence-electron chi connectivity index (χ1n) is 7.51. The molecule has 1 aromatic carbocycles. The zero-order valence-electron chi connectivity index (χ0n) is 13.7. The molecule has 0 spiro atoms. The minimum atomic E-state index is -0.0494. The lowest BCUT2D eigenvalue weighted by molar-refractivity contribution is 0.179. The number of hydrogen-bond donors (Lipinski definition) is 2. The van der Waals surface area contributed by atoms with Gasteiger partial charge in [0.1, 0.15) is 11.9 Å². The summed E-state index contributed by atoms with van der Waals surface area (Å²) in [6.07, 6.45) is -0.0494. The molecule has 0 fully saturated rings. The van der Waals surface area contributed by atoms with Gasteiger partial charge in [-0.3, -0.25) is 0 Å². The number of rotatable bonds is 8. The molecule has 6 heteroatoms. The maximum Gasteiger partial charge on any atom is 0.191 e. The number of guanidine groups is 1. The molecule has 0 aliphatic heterocycles. The largest absolute Gasteiger partial charge is 0.489 e. The average Bonchev–Trinajstić information content (AvgIpc) is 2.45. The van der Waals surface area contributed by atoms with Crippen molar-refractivity contribution in [2.75, 3.05) is 26.8 Å². The Bertz CT molecular complexity index is 468. The Hall–Kier alpha value is -1.46. The predicted octanol–water partition coefficient (Wildman–Crippen LogP) is 2.70. The minimum Gasteiger partial charge on any atom is -0.489 e. The smallest absolute Gasteiger partial charge is 0.191 e. The van der Waals surface area contributed by atoms with Gasteiger partial charge in [0.05, 0.1) is 13.2 Å². The molecule has 2 unspecified atom stereocenters. The highest BCUT2D eigenvalue weighted by molar-refractivity contribution is 6.30. The van der Waals surface area contributed by atoms with Gasteiger partial charge in [0.2, 0.25) is 0 Å². The van der Waals surface area contributed by atoms with Crippen LogP contribution in [-0.4, -0.2) is 44.9 Å². The van der Waals surface area contributed by atoms with Crippen LogP contribution in [0.3, 0.4) is 0 Å². The van der Waals surface area contributed by atoms with E-state index in [4.69, 9.17) is 21.1 Å². The van der Waals surface area contributed by atoms with Crippen LogP contribution in [0.5, 0.6) is 5.75 Å². The first-order chi connectivity index (χ1) is 10.5. The minimum absolute atomic E-state index is 0.0494. The van der Waals surface area contributed by atoms with Crippen molar-refractivity contribution in [3.63, 3.8) is 0 Å². The van der Waals surface area contributed by atoms with Crippen LogP contribution in [0.4, 0.5) is 0 Å². The zero-order valence-corrected chi connectivity index (χ0v) is 14.5. The first kappa shape index (κ1) is 18.6. The molecule has 0 aliphatic carbocycles. The van der Waals surface area contributed by atoms with E-state index >= 15 is 0 Å². The molecule has 0 saturated carbocycles. The van der Waals surface area contributed by atoms with E-state index in [2.05, 4.69) is 15.6 Å². The Morgan fingerprint density at radius 1 is 1.36 bits per heavy atom. The Morgan fingerprint density at radius 3 is 2.77 bits per heavy atom. The van der Waals surface area contributed by atoms with Gasteiger partial charge in [0, 0.05) is 24.7 Å². The number of methoxy groups -OCH3 is 1. The normalized spacial score (nSPS) is 14.3. The maximum atomic E-state index is 5.94. The van der Waals surface area contributed by atoms with Crippen molar-refractivity contribution in [3.05, 3.63) is 29.3 Å². The quantitative estimate of drug-likeness (QED) is 0.569. The fourth-order valence-electron chi connectivity index (χ4n) is 1.87. The molecule has 0 aliphatic rings. The highest BCUT2D eigenvalue weighted by Gasteiger charge is 2.07. The third kappa shape index (κ3) is 7.52. The topological polar surface area (TPSA) is 54.9 Å². The summed E-state index contributed by atoms with van der Waals surface area (Å²) in [7, 11) is 1.68. The molecular weight excluding hydrogens is 302 g/mol. The van der Waals surface area contributed by atoms with E-state index in [-0.39, 0.29) is 12.1 Å². The molecule has 1 aromatic rings. The van der Waals surface area contributed by atoms with Gasteiger partial charge in [-0.1, -0.05) is 17.7 Å². The van der Waals surface area contributed by atoms with E-state index in [1.165, 1.54) is 0 Å². The summed E-state index contributed by atoms with van der Waals surface area (Å²) in [6.45, 7) is 8.02. The van der Waals surface area contributed by atoms with E-state index in [0.717, 1.165) is 18.3 Å². The van der Waals surface area contributed by atoms with Crippen LogP contribution in [0.2, 0.25) is 5.02 Å². The Labute approximate surface area is 138 Å². The Kier molecular flexibility index (Phi) is 8.70. The molecule has 0 heterocycles. The third-order valence-electron chi connectivity index (χ3n) is 2.78. The molecule has 0 aromatic heterocycles. The van der Waals surface area contributed by atoms with Crippen molar-refractivity contribution in [1.82, 2.24) is 10.6 Å². The number of halogens is 1. The Morgan fingerprint density at radius 2 is 2.14 bits per heavy atom. The maximum absolute atomic E-state index is 5.94. The van der Waals surface area contributed by atoms with Crippen LogP contribution in [0.25, 0.3) is 0 Å². The number of hydrogen-bond acceptors (Lipinski definition) is 3. The standard InChI is InChI=1S/C16H26ClN3O2/c1-5-18-16(20-12(2)11-21-4)19-10-13(3)22-15-8-6-7-14(17)9-15/h6-9,12-13H,5,10-11H2,1-4H3,(H2,18,19,20). The van der Waals surface area contributed by atoms with Gasteiger partial charge in [-0.2, -0.15) is 0 Å². The molecule has 124 valence electrons. The summed E-state index contributed by atoms with van der Waals surface area (Å²) in [5, 5.41) is 7.15. The van der Waals surface area contributed by atoms with Gasteiger partial charge in [-0.15, -0.1) is 0 Å². The highest BCUT2D eigenvalue weighted by atomic mass is 35.5. The molecule has 1 rings (SSSR count). The van der Waals surface area contributed by atoms with E-state index in [1.807, 2.05) is 39.0 Å². The van der Waals surface area contributed by atoms with Crippen LogP contribution >= 0.6 is 11.6 Å². The van der Waals surface area contributed by atoms with Crippen molar-refractivity contribution in [3.8, 4) is 5.75 Å². The molecule has 0 amide bonds. The van der Waals surface area contributed by atoms with Gasteiger partial charge in [-0.05, 0) is 39.0 Å². The lowest BCUT2D eigenvalue weighted by Gasteiger charge is -2.18. The summed E-state index contributed by atoms with van der Waals surface area (Å²) in [5.41, 5.74) is 0. The van der Waals surface area contributed by atoms with Crippen molar-refractivity contribution in [2.45, 2.75) is 32.9 Å². The monoisotopic (exact) mass is 327 g/mol. The van der Waals surface area contributed by atoms with Crippen LogP contribution in [0, 0.1) is 0 Å². The molecule has 2 N–H and O–H groups in total. The Balaban J connectivity index is 2.53. The fraction of sp³-hybridized carbons (Fsp3) is 0.562. The molecular formula is C16H26ClN3O2. The zero-order chi connectivity index (χ0) is 16.4. The molecule has 5 nitrogen and oxygen atoms in total. The SMILES string of the molecule is CCNC(=NCC(C)Oc1cccc(Cl)c1)NC(C)COC. The predicted molar refractivity (Wildman–Crippen MR) is 92.0 cm³/mol. The van der Waals surface area contributed by atoms with Crippen LogP contribution in [-0.2, 0) is 4.74 Å². The second kappa shape index (κ2) is 10.3. The summed E-state index contributed by atoms with van der Waals surface area (Å²) < 4.78 is 10.9. The van der Waals surface area contributed by atoms with E-state index < -0.39 is 0 Å². The molecule has 22 heavy (non-hydrogen) atoms. The number of nitrogens with one attached hydrogen (secondary N) is 2. The highest BCUT2D eigenvalue weighted by Crippen LogP contribution is 2.18. The molecule has 2 atom stereocenters. The molecule has 0 bridgehead atoms. The van der Waals surface area contributed by atoms with Gasteiger partial charge < -0.3 is 20.1 Å². The van der Waals surface area contributed by atoms with Crippen LogP contribution in [0.1, 0.15) is 20.8 Å². The van der Waals surface area contributed by atoms with Gasteiger partial charge in [0.25, 0.3) is 0 Å². The lowest BCUT2D eigenvalue weighted by Crippen LogP contribution is -2.44. The number of ether oxygens (including phenoxy) is 2. The van der Waals surface area contributed by atoms with Crippen LogP contribution in [0.15, 0.2) is 29.3 Å². The van der Waals surface area contributed by atoms with E-state index in [1.54, 1.807) is 13.2 Å². The lowest BCUT2D eigenvalue weighted by atomic mass is 10.3. The van der Waals surface area contributed by atoms with Gasteiger partial charge >= 0.3 is 0 Å². The summed E-state index contributed by atoms with van der Waals surface area (Å²) >= 11 is 5.94. The summed E-state index contributed by atoms with van der Waals surface area (Å²) in [4.78, 5) is 4.54. The van der Waals surface area contributed by atoms with Crippen molar-refractivity contribution < 1.29 is 9.47 Å². The van der Waals surface area contributed by atoms with Crippen molar-refractivity contribution in [1.29, 1.82) is 0 Å². The molecule has 0 radical (unpaired) electrons. The van der Waals surface area contributed by atoms with Crippen LogP contribution < -0.4 is 15.4 Å². The third-order valence-corrected chi connectivity index (χ3v) is 3.02. The fourth-order valence-corrected chi connectivity index (χ4v) is 2.06.